The Morgan fingerprint density at radius 1 is 1.08 bits per heavy atom. The van der Waals surface area contributed by atoms with Crippen molar-refractivity contribution in [2.45, 2.75) is 33.0 Å². The highest BCUT2D eigenvalue weighted by molar-refractivity contribution is 5.88. The molecule has 1 aromatic carbocycles. The van der Waals surface area contributed by atoms with Gasteiger partial charge in [-0.25, -0.2) is 9.78 Å². The van der Waals surface area contributed by atoms with Crippen LogP contribution in [0.5, 0.6) is 0 Å². The quantitative estimate of drug-likeness (QED) is 0.817. The minimum absolute atomic E-state index is 0.358. The second-order valence-electron chi connectivity index (χ2n) is 6.74. The Morgan fingerprint density at radius 2 is 1.80 bits per heavy atom. The van der Waals surface area contributed by atoms with Gasteiger partial charge in [0.05, 0.1) is 11.6 Å². The Kier molecular flexibility index (Phi) is 5.35. The minimum Gasteiger partial charge on any atom is -0.330 e. The summed E-state index contributed by atoms with van der Waals surface area (Å²) in [5.41, 5.74) is -0.851. The number of rotatable bonds is 3. The van der Waals surface area contributed by atoms with Crippen LogP contribution >= 0.6 is 0 Å². The van der Waals surface area contributed by atoms with Crippen LogP contribution in [-0.4, -0.2) is 11.0 Å². The molecular formula is C18H20F3N3O. The largest absolute Gasteiger partial charge is 0.416 e. The standard InChI is InChI=1S/C18H20F3N3O/c1-17(2,3)15(12-7-6-8-13(11-12)18(19,20)21)24-16(25)23-14-9-4-5-10-22-14/h4-11,15H,1-3H3,(H2,22,23,24,25)/t15-/m0/s1. The third-order valence-electron chi connectivity index (χ3n) is 3.60. The Balaban J connectivity index is 2.24. The van der Waals surface area contributed by atoms with Crippen LogP contribution < -0.4 is 10.6 Å². The van der Waals surface area contributed by atoms with E-state index in [0.717, 1.165) is 12.1 Å². The van der Waals surface area contributed by atoms with Crippen molar-refractivity contribution in [3.8, 4) is 0 Å². The second kappa shape index (κ2) is 7.13. The summed E-state index contributed by atoms with van der Waals surface area (Å²) >= 11 is 0. The number of carbonyl (C=O) groups excluding carboxylic acids is 1. The van der Waals surface area contributed by atoms with Crippen LogP contribution in [0.4, 0.5) is 23.8 Å². The fourth-order valence-corrected chi connectivity index (χ4v) is 2.41. The first-order valence-corrected chi connectivity index (χ1v) is 7.73. The fourth-order valence-electron chi connectivity index (χ4n) is 2.41. The monoisotopic (exact) mass is 351 g/mol. The molecule has 2 N–H and O–H groups in total. The van der Waals surface area contributed by atoms with E-state index in [-0.39, 0.29) is 0 Å². The van der Waals surface area contributed by atoms with Crippen LogP contribution in [0.25, 0.3) is 0 Å². The highest BCUT2D eigenvalue weighted by atomic mass is 19.4. The molecule has 1 atom stereocenters. The summed E-state index contributed by atoms with van der Waals surface area (Å²) in [4.78, 5) is 16.2. The number of nitrogens with one attached hydrogen (secondary N) is 2. The number of halogens is 3. The zero-order chi connectivity index (χ0) is 18.7. The third kappa shape index (κ3) is 5.20. The molecule has 25 heavy (non-hydrogen) atoms. The fraction of sp³-hybridized carbons (Fsp3) is 0.333. The normalized spacial score (nSPS) is 13.2. The minimum atomic E-state index is -4.44. The molecule has 0 saturated heterocycles. The highest BCUT2D eigenvalue weighted by Gasteiger charge is 2.33. The van der Waals surface area contributed by atoms with Crippen molar-refractivity contribution in [1.29, 1.82) is 0 Å². The molecule has 0 bridgehead atoms. The molecule has 134 valence electrons. The van der Waals surface area contributed by atoms with Crippen LogP contribution in [0.3, 0.4) is 0 Å². The van der Waals surface area contributed by atoms with Crippen LogP contribution in [0.15, 0.2) is 48.7 Å². The summed E-state index contributed by atoms with van der Waals surface area (Å²) in [6.07, 6.45) is -2.90. The molecule has 0 aliphatic carbocycles. The average molecular weight is 351 g/mol. The summed E-state index contributed by atoms with van der Waals surface area (Å²) in [6, 6.07) is 8.90. The third-order valence-corrected chi connectivity index (χ3v) is 3.60. The summed E-state index contributed by atoms with van der Waals surface area (Å²) in [5.74, 6) is 0.358. The first kappa shape index (κ1) is 18.8. The van der Waals surface area contributed by atoms with Crippen LogP contribution in [0.2, 0.25) is 0 Å². The van der Waals surface area contributed by atoms with E-state index in [4.69, 9.17) is 0 Å². The van der Waals surface area contributed by atoms with E-state index in [1.54, 1.807) is 24.3 Å². The van der Waals surface area contributed by atoms with Gasteiger partial charge in [-0.15, -0.1) is 0 Å². The molecule has 2 aromatic rings. The van der Waals surface area contributed by atoms with Gasteiger partial charge in [0.1, 0.15) is 5.82 Å². The molecule has 0 spiro atoms. The maximum Gasteiger partial charge on any atom is 0.416 e. The summed E-state index contributed by atoms with van der Waals surface area (Å²) in [5, 5.41) is 5.32. The molecule has 0 aliphatic heterocycles. The van der Waals surface area contributed by atoms with E-state index in [9.17, 15) is 18.0 Å². The lowest BCUT2D eigenvalue weighted by atomic mass is 9.82. The molecule has 0 aliphatic rings. The topological polar surface area (TPSA) is 54.0 Å². The van der Waals surface area contributed by atoms with Crippen LogP contribution in [-0.2, 0) is 6.18 Å². The zero-order valence-electron chi connectivity index (χ0n) is 14.2. The van der Waals surface area contributed by atoms with Gasteiger partial charge in [-0.1, -0.05) is 39.0 Å². The lowest BCUT2D eigenvalue weighted by Crippen LogP contribution is -2.39. The SMILES string of the molecule is CC(C)(C)[C@@H](NC(=O)Nc1ccccn1)c1cccc(C(F)(F)F)c1. The van der Waals surface area contributed by atoms with E-state index in [1.165, 1.54) is 12.3 Å². The van der Waals surface area contributed by atoms with Crippen molar-refractivity contribution in [1.82, 2.24) is 10.3 Å². The van der Waals surface area contributed by atoms with E-state index in [1.807, 2.05) is 20.8 Å². The van der Waals surface area contributed by atoms with E-state index in [2.05, 4.69) is 15.6 Å². The van der Waals surface area contributed by atoms with Gasteiger partial charge in [-0.05, 0) is 35.2 Å². The molecule has 7 heteroatoms. The zero-order valence-corrected chi connectivity index (χ0v) is 14.2. The predicted octanol–water partition coefficient (Wildman–Crippen LogP) is 5.01. The number of aromatic nitrogens is 1. The van der Waals surface area contributed by atoms with Crippen molar-refractivity contribution in [3.63, 3.8) is 0 Å². The molecule has 0 saturated carbocycles. The summed E-state index contributed by atoms with van der Waals surface area (Å²) in [6.45, 7) is 5.54. The van der Waals surface area contributed by atoms with E-state index >= 15 is 0 Å². The number of nitrogens with zero attached hydrogens (tertiary/aromatic N) is 1. The molecule has 0 unspecified atom stereocenters. The van der Waals surface area contributed by atoms with Gasteiger partial charge in [0.2, 0.25) is 0 Å². The highest BCUT2D eigenvalue weighted by Crippen LogP contribution is 2.36. The number of hydrogen-bond donors (Lipinski definition) is 2. The van der Waals surface area contributed by atoms with Crippen molar-refractivity contribution in [3.05, 3.63) is 59.8 Å². The number of benzene rings is 1. The van der Waals surface area contributed by atoms with Crippen molar-refractivity contribution >= 4 is 11.8 Å². The van der Waals surface area contributed by atoms with Gasteiger partial charge in [0, 0.05) is 6.20 Å². The van der Waals surface area contributed by atoms with Gasteiger partial charge in [-0.2, -0.15) is 13.2 Å². The Morgan fingerprint density at radius 3 is 2.36 bits per heavy atom. The van der Waals surface area contributed by atoms with E-state index < -0.39 is 29.2 Å². The molecule has 1 aromatic heterocycles. The predicted molar refractivity (Wildman–Crippen MR) is 90.0 cm³/mol. The molecule has 2 amide bonds. The maximum absolute atomic E-state index is 13.0. The molecule has 2 rings (SSSR count). The number of urea groups is 1. The number of alkyl halides is 3. The Hall–Kier alpha value is -2.57. The first-order chi connectivity index (χ1) is 11.6. The number of pyridine rings is 1. The Bertz CT molecular complexity index is 724. The van der Waals surface area contributed by atoms with Gasteiger partial charge in [0.25, 0.3) is 0 Å². The molecule has 0 radical (unpaired) electrons. The summed E-state index contributed by atoms with van der Waals surface area (Å²) < 4.78 is 38.9. The van der Waals surface area contributed by atoms with Crippen LogP contribution in [0, 0.1) is 5.41 Å². The van der Waals surface area contributed by atoms with Gasteiger partial charge >= 0.3 is 12.2 Å². The second-order valence-corrected chi connectivity index (χ2v) is 6.74. The smallest absolute Gasteiger partial charge is 0.330 e. The van der Waals surface area contributed by atoms with Gasteiger partial charge < -0.3 is 5.32 Å². The van der Waals surface area contributed by atoms with Crippen molar-refractivity contribution in [2.75, 3.05) is 5.32 Å². The van der Waals surface area contributed by atoms with E-state index in [0.29, 0.717) is 11.4 Å². The number of amides is 2. The molecular weight excluding hydrogens is 331 g/mol. The van der Waals surface area contributed by atoms with Gasteiger partial charge in [-0.3, -0.25) is 5.32 Å². The number of carbonyl (C=O) groups is 1. The van der Waals surface area contributed by atoms with Crippen molar-refractivity contribution in [2.24, 2.45) is 5.41 Å². The number of anilines is 1. The lowest BCUT2D eigenvalue weighted by molar-refractivity contribution is -0.137. The maximum atomic E-state index is 13.0. The average Bonchev–Trinajstić information content (AvgIpc) is 2.52. The number of hydrogen-bond acceptors (Lipinski definition) is 2. The lowest BCUT2D eigenvalue weighted by Gasteiger charge is -2.32. The Labute approximate surface area is 144 Å². The molecule has 0 fully saturated rings. The van der Waals surface area contributed by atoms with Crippen molar-refractivity contribution < 1.29 is 18.0 Å². The van der Waals surface area contributed by atoms with Gasteiger partial charge in [0.15, 0.2) is 0 Å². The summed E-state index contributed by atoms with van der Waals surface area (Å²) in [7, 11) is 0. The first-order valence-electron chi connectivity index (χ1n) is 7.73. The molecule has 4 nitrogen and oxygen atoms in total. The van der Waals surface area contributed by atoms with Crippen LogP contribution in [0.1, 0.15) is 37.9 Å². The molecule has 1 heterocycles.